The molecule has 0 aromatic rings. The van der Waals surface area contributed by atoms with Gasteiger partial charge < -0.3 is 20.3 Å². The molecule has 3 N–H and O–H groups in total. The van der Waals surface area contributed by atoms with Crippen LogP contribution in [0.1, 0.15) is 277 Å². The molecule has 0 bridgehead atoms. The smallest absolute Gasteiger partial charge is 0.305 e. The van der Waals surface area contributed by atoms with E-state index in [2.05, 4.69) is 31.3 Å². The Morgan fingerprint density at radius 2 is 0.797 bits per heavy atom. The van der Waals surface area contributed by atoms with Gasteiger partial charge in [0.15, 0.2) is 0 Å². The molecule has 59 heavy (non-hydrogen) atoms. The summed E-state index contributed by atoms with van der Waals surface area (Å²) in [4.78, 5) is 24.4. The number of ether oxygens (including phenoxy) is 1. The van der Waals surface area contributed by atoms with Crippen LogP contribution in [0.3, 0.4) is 0 Å². The number of aliphatic hydroxyl groups is 2. The van der Waals surface area contributed by atoms with Crippen molar-refractivity contribution in [2.45, 2.75) is 289 Å². The normalized spacial score (nSPS) is 12.8. The van der Waals surface area contributed by atoms with Crippen molar-refractivity contribution in [3.63, 3.8) is 0 Å². The first kappa shape index (κ1) is 57.3. The molecule has 0 aliphatic rings. The van der Waals surface area contributed by atoms with Gasteiger partial charge in [-0.3, -0.25) is 9.59 Å². The average molecular weight is 832 g/mol. The van der Waals surface area contributed by atoms with E-state index in [-0.39, 0.29) is 18.5 Å². The summed E-state index contributed by atoms with van der Waals surface area (Å²) in [6.45, 7) is 4.86. The maximum atomic E-state index is 12.4. The summed E-state index contributed by atoms with van der Waals surface area (Å²) in [7, 11) is 0. The Balaban J connectivity index is 3.49. The van der Waals surface area contributed by atoms with Crippen LogP contribution in [0.15, 0.2) is 24.3 Å². The van der Waals surface area contributed by atoms with Crippen molar-refractivity contribution in [2.75, 3.05) is 13.2 Å². The van der Waals surface area contributed by atoms with Crippen LogP contribution in [0.2, 0.25) is 0 Å². The van der Waals surface area contributed by atoms with Crippen molar-refractivity contribution in [1.82, 2.24) is 5.32 Å². The molecule has 0 saturated heterocycles. The van der Waals surface area contributed by atoms with Crippen LogP contribution in [0.25, 0.3) is 0 Å². The Bertz CT molecular complexity index is 920. The van der Waals surface area contributed by atoms with E-state index in [0.29, 0.717) is 19.4 Å². The molecule has 6 nitrogen and oxygen atoms in total. The van der Waals surface area contributed by atoms with Gasteiger partial charge in [0.1, 0.15) is 0 Å². The first-order chi connectivity index (χ1) is 29.0. The second-order valence-electron chi connectivity index (χ2n) is 17.9. The fraction of sp³-hybridized carbons (Fsp3) is 0.887. The number of hydrogen-bond acceptors (Lipinski definition) is 5. The van der Waals surface area contributed by atoms with Crippen molar-refractivity contribution in [3.8, 4) is 0 Å². The SMILES string of the molecule is CCCCCCCCCCCCC/C=C/C(O)C(CO)NC(=O)CCCCCCCCC/C=C\CCCCCCOC(=O)CCCCCCCCCCCCCCCC. The number of carbonyl (C=O) groups excluding carboxylic acids is 2. The minimum Gasteiger partial charge on any atom is -0.466 e. The minimum absolute atomic E-state index is 0.00931. The maximum absolute atomic E-state index is 12.4. The standard InChI is InChI=1S/C53H101NO5/c1-3-5-7-9-11-13-15-17-23-27-31-35-39-43-47-53(58)59-48-44-40-36-32-28-24-20-18-19-22-26-30-34-38-42-46-52(57)54-50(49-55)51(56)45-41-37-33-29-25-21-16-14-12-10-8-6-4-2/h20,24,41,45,50-51,55-56H,3-19,21-23,25-40,42-44,46-49H2,1-2H3,(H,54,57)/b24-20-,45-41+. The van der Waals surface area contributed by atoms with Crippen molar-refractivity contribution in [2.24, 2.45) is 0 Å². The number of aliphatic hydroxyl groups excluding tert-OH is 2. The molecule has 0 aromatic carbocycles. The Morgan fingerprint density at radius 1 is 0.458 bits per heavy atom. The zero-order valence-electron chi connectivity index (χ0n) is 39.5. The van der Waals surface area contributed by atoms with E-state index < -0.39 is 12.1 Å². The monoisotopic (exact) mass is 832 g/mol. The summed E-state index contributed by atoms with van der Waals surface area (Å²) < 4.78 is 5.45. The van der Waals surface area contributed by atoms with Crippen LogP contribution in [0.5, 0.6) is 0 Å². The number of unbranched alkanes of at least 4 members (excludes halogenated alkanes) is 35. The van der Waals surface area contributed by atoms with Crippen LogP contribution >= 0.6 is 0 Å². The zero-order chi connectivity index (χ0) is 43.0. The van der Waals surface area contributed by atoms with Crippen molar-refractivity contribution in [1.29, 1.82) is 0 Å². The molecular formula is C53H101NO5. The van der Waals surface area contributed by atoms with E-state index in [4.69, 9.17) is 4.74 Å². The molecular weight excluding hydrogens is 731 g/mol. The molecule has 0 fully saturated rings. The zero-order valence-corrected chi connectivity index (χ0v) is 39.5. The largest absolute Gasteiger partial charge is 0.466 e. The van der Waals surface area contributed by atoms with Crippen LogP contribution in [0.4, 0.5) is 0 Å². The van der Waals surface area contributed by atoms with Gasteiger partial charge in [-0.05, 0) is 57.8 Å². The fourth-order valence-electron chi connectivity index (χ4n) is 7.92. The molecule has 2 atom stereocenters. The fourth-order valence-corrected chi connectivity index (χ4v) is 7.92. The molecule has 0 heterocycles. The van der Waals surface area contributed by atoms with Crippen molar-refractivity contribution in [3.05, 3.63) is 24.3 Å². The Kier molecular flexibility index (Phi) is 47.6. The number of amides is 1. The second kappa shape index (κ2) is 49.0. The highest BCUT2D eigenvalue weighted by Crippen LogP contribution is 2.16. The highest BCUT2D eigenvalue weighted by molar-refractivity contribution is 5.76. The molecule has 348 valence electrons. The van der Waals surface area contributed by atoms with Gasteiger partial charge in [-0.1, -0.05) is 231 Å². The molecule has 0 spiro atoms. The number of rotatable bonds is 48. The van der Waals surface area contributed by atoms with Gasteiger partial charge >= 0.3 is 5.97 Å². The summed E-state index contributed by atoms with van der Waals surface area (Å²) in [6, 6.07) is -0.637. The minimum atomic E-state index is -0.853. The van der Waals surface area contributed by atoms with E-state index in [9.17, 15) is 19.8 Å². The average Bonchev–Trinajstić information content (AvgIpc) is 3.24. The third kappa shape index (κ3) is 45.7. The van der Waals surface area contributed by atoms with E-state index >= 15 is 0 Å². The first-order valence-corrected chi connectivity index (χ1v) is 26.1. The van der Waals surface area contributed by atoms with Gasteiger partial charge in [-0.15, -0.1) is 0 Å². The molecule has 0 aliphatic heterocycles. The van der Waals surface area contributed by atoms with Crippen LogP contribution < -0.4 is 5.32 Å². The van der Waals surface area contributed by atoms with Crippen molar-refractivity contribution >= 4 is 11.9 Å². The number of allylic oxidation sites excluding steroid dienone is 3. The number of esters is 1. The highest BCUT2D eigenvalue weighted by atomic mass is 16.5. The Morgan fingerprint density at radius 3 is 1.20 bits per heavy atom. The lowest BCUT2D eigenvalue weighted by Gasteiger charge is -2.20. The molecule has 0 rings (SSSR count). The van der Waals surface area contributed by atoms with E-state index in [0.717, 1.165) is 70.6 Å². The summed E-state index contributed by atoms with van der Waals surface area (Å²) in [5.41, 5.74) is 0. The highest BCUT2D eigenvalue weighted by Gasteiger charge is 2.18. The predicted molar refractivity (Wildman–Crippen MR) is 255 cm³/mol. The lowest BCUT2D eigenvalue weighted by molar-refractivity contribution is -0.143. The maximum Gasteiger partial charge on any atom is 0.305 e. The summed E-state index contributed by atoms with van der Waals surface area (Å²) in [5.74, 6) is -0.0927. The summed E-state index contributed by atoms with van der Waals surface area (Å²) in [6.07, 6.45) is 57.5. The molecule has 1 amide bonds. The third-order valence-electron chi connectivity index (χ3n) is 12.0. The van der Waals surface area contributed by atoms with Gasteiger partial charge in [0.2, 0.25) is 5.91 Å². The molecule has 6 heteroatoms. The molecule has 0 radical (unpaired) electrons. The quantitative estimate of drug-likeness (QED) is 0.0322. The van der Waals surface area contributed by atoms with Gasteiger partial charge in [-0.25, -0.2) is 0 Å². The molecule has 0 aliphatic carbocycles. The van der Waals surface area contributed by atoms with Crippen LogP contribution in [0, 0.1) is 0 Å². The summed E-state index contributed by atoms with van der Waals surface area (Å²) in [5, 5.41) is 23.0. The van der Waals surface area contributed by atoms with Crippen LogP contribution in [-0.4, -0.2) is 47.4 Å². The third-order valence-corrected chi connectivity index (χ3v) is 12.0. The van der Waals surface area contributed by atoms with Gasteiger partial charge in [0.25, 0.3) is 0 Å². The Labute approximate surface area is 367 Å². The van der Waals surface area contributed by atoms with E-state index in [1.807, 2.05) is 6.08 Å². The van der Waals surface area contributed by atoms with Gasteiger partial charge in [0, 0.05) is 12.8 Å². The second-order valence-corrected chi connectivity index (χ2v) is 17.9. The number of nitrogens with one attached hydrogen (secondary N) is 1. The first-order valence-electron chi connectivity index (χ1n) is 26.1. The lowest BCUT2D eigenvalue weighted by Crippen LogP contribution is -2.45. The summed E-state index contributed by atoms with van der Waals surface area (Å²) >= 11 is 0. The molecule has 2 unspecified atom stereocenters. The Hall–Kier alpha value is -1.66. The van der Waals surface area contributed by atoms with Gasteiger partial charge in [-0.2, -0.15) is 0 Å². The van der Waals surface area contributed by atoms with Crippen LogP contribution in [-0.2, 0) is 14.3 Å². The molecule has 0 aromatic heterocycles. The topological polar surface area (TPSA) is 95.9 Å². The van der Waals surface area contributed by atoms with Gasteiger partial charge in [0.05, 0.1) is 25.4 Å². The lowest BCUT2D eigenvalue weighted by atomic mass is 10.0. The van der Waals surface area contributed by atoms with E-state index in [1.54, 1.807) is 6.08 Å². The van der Waals surface area contributed by atoms with E-state index in [1.165, 1.54) is 180 Å². The predicted octanol–water partition coefficient (Wildman–Crippen LogP) is 15.5. The molecule has 0 saturated carbocycles. The van der Waals surface area contributed by atoms with Crippen molar-refractivity contribution < 1.29 is 24.5 Å². The number of hydrogen-bond donors (Lipinski definition) is 3. The number of carbonyl (C=O) groups is 2.